The summed E-state index contributed by atoms with van der Waals surface area (Å²) in [6, 6.07) is 5.74. The van der Waals surface area contributed by atoms with E-state index >= 15 is 0 Å². The molecule has 2 rings (SSSR count). The molecule has 0 aliphatic heterocycles. The summed E-state index contributed by atoms with van der Waals surface area (Å²) < 4.78 is 71.8. The topological polar surface area (TPSA) is 60.5 Å². The van der Waals surface area contributed by atoms with Crippen LogP contribution in [0.4, 0.5) is 25.2 Å². The van der Waals surface area contributed by atoms with Crippen LogP contribution in [0.15, 0.2) is 18.2 Å². The molecule has 27 heavy (non-hydrogen) atoms. The average molecular weight is 442 g/mol. The van der Waals surface area contributed by atoms with Crippen LogP contribution in [0.2, 0.25) is 0 Å². The molecule has 15 heteroatoms. The van der Waals surface area contributed by atoms with Gasteiger partial charge in [0, 0.05) is 35.2 Å². The van der Waals surface area contributed by atoms with Gasteiger partial charge in [-0.15, -0.1) is 4.67 Å². The molecular formula is C12H22F6N6OP2. The molecule has 1 N–H and O–H groups in total. The second-order valence-electron chi connectivity index (χ2n) is 5.97. The van der Waals surface area contributed by atoms with Crippen LogP contribution < -0.4 is 4.74 Å². The van der Waals surface area contributed by atoms with Crippen molar-refractivity contribution in [2.24, 2.45) is 0 Å². The third kappa shape index (κ3) is 10.0. The summed E-state index contributed by atoms with van der Waals surface area (Å²) in [5.74, 6) is 0.752. The summed E-state index contributed by atoms with van der Waals surface area (Å²) in [5, 5.41) is 10.8. The number of hydrogen-bond donors (Lipinski definition) is 1. The van der Waals surface area contributed by atoms with E-state index in [9.17, 15) is 25.2 Å². The van der Waals surface area contributed by atoms with Gasteiger partial charge in [-0.1, -0.05) is 6.07 Å². The van der Waals surface area contributed by atoms with Crippen LogP contribution >= 0.6 is 16.2 Å². The first-order chi connectivity index (χ1) is 12.0. The first-order valence-corrected chi connectivity index (χ1v) is 10.7. The number of nitrogens with one attached hydrogen (secondary N) is 1. The molecule has 0 unspecified atom stereocenters. The molecule has 0 atom stereocenters. The quantitative estimate of drug-likeness (QED) is 0.398. The fourth-order valence-corrected chi connectivity index (χ4v) is 4.61. The van der Waals surface area contributed by atoms with Gasteiger partial charge < -0.3 is 4.74 Å². The molecule has 0 saturated carbocycles. The number of fused-ring (bicyclic) bond motifs is 1. The van der Waals surface area contributed by atoms with E-state index in [4.69, 9.17) is 4.74 Å². The molecule has 0 aliphatic rings. The number of aromatic amines is 1. The van der Waals surface area contributed by atoms with Gasteiger partial charge in [-0.2, -0.15) is 24.8 Å². The standard InChI is InChI=1S/C12H21N6OP.F6P/c1-16(2)20(17(3)4)18(5)9-19-11-8-6-7-10-12(11)14-15-13-10;1-7(2,3,4,5)6/h6-8H,9H2,1-5H3,(H,13,14,15);/q;-1/p+1. The SMILES string of the molecule is CN(C)[PH+](N(C)C)N(C)COc1cccc2n[nH]nc12.F[P-](F)(F)(F)(F)F. The van der Waals surface area contributed by atoms with Crippen LogP contribution in [0.3, 0.4) is 0 Å². The van der Waals surface area contributed by atoms with Gasteiger partial charge in [-0.25, -0.2) is 0 Å². The van der Waals surface area contributed by atoms with Gasteiger partial charge >= 0.3 is 33.0 Å². The van der Waals surface area contributed by atoms with E-state index in [0.29, 0.717) is 6.73 Å². The van der Waals surface area contributed by atoms with Crippen molar-refractivity contribution < 1.29 is 29.9 Å². The molecule has 0 fully saturated rings. The van der Waals surface area contributed by atoms with Gasteiger partial charge in [0.05, 0.1) is 0 Å². The fourth-order valence-electron chi connectivity index (χ4n) is 2.27. The average Bonchev–Trinajstić information content (AvgIpc) is 2.89. The number of benzene rings is 1. The Labute approximate surface area is 153 Å². The van der Waals surface area contributed by atoms with Gasteiger partial charge in [0.1, 0.15) is 5.52 Å². The molecule has 158 valence electrons. The van der Waals surface area contributed by atoms with Gasteiger partial charge in [0.2, 0.25) is 8.37 Å². The zero-order valence-electron chi connectivity index (χ0n) is 15.3. The van der Waals surface area contributed by atoms with Crippen LogP contribution in [-0.2, 0) is 0 Å². The van der Waals surface area contributed by atoms with Gasteiger partial charge in [-0.05, 0) is 12.1 Å². The Morgan fingerprint density at radius 2 is 1.48 bits per heavy atom. The Kier molecular flexibility index (Phi) is 6.72. The second-order valence-corrected chi connectivity index (χ2v) is 11.0. The molecule has 0 bridgehead atoms. The Hall–Kier alpha value is -1.26. The van der Waals surface area contributed by atoms with Crippen LogP contribution in [0.25, 0.3) is 11.0 Å². The summed E-state index contributed by atoms with van der Waals surface area (Å²) in [6.45, 7) is 0.511. The Morgan fingerprint density at radius 1 is 0.963 bits per heavy atom. The van der Waals surface area contributed by atoms with Crippen molar-refractivity contribution in [3.63, 3.8) is 0 Å². The molecule has 1 heterocycles. The van der Waals surface area contributed by atoms with Crippen molar-refractivity contribution in [1.29, 1.82) is 0 Å². The zero-order valence-corrected chi connectivity index (χ0v) is 17.2. The van der Waals surface area contributed by atoms with E-state index in [-0.39, 0.29) is 0 Å². The normalized spacial score (nSPS) is 15.1. The number of halogens is 6. The number of rotatable bonds is 6. The van der Waals surface area contributed by atoms with Crippen molar-refractivity contribution >= 4 is 27.2 Å². The molecule has 7 nitrogen and oxygen atoms in total. The molecule has 0 saturated heterocycles. The summed E-state index contributed by atoms with van der Waals surface area (Å²) in [5.41, 5.74) is 1.58. The first kappa shape index (κ1) is 23.8. The summed E-state index contributed by atoms with van der Waals surface area (Å²) in [6.07, 6.45) is 0. The number of para-hydroxylation sites is 1. The Morgan fingerprint density at radius 3 is 1.96 bits per heavy atom. The summed E-state index contributed by atoms with van der Waals surface area (Å²) >= 11 is 0. The second kappa shape index (κ2) is 7.63. The number of aromatic nitrogens is 3. The van der Waals surface area contributed by atoms with E-state index in [1.807, 2.05) is 18.2 Å². The molecule has 0 spiro atoms. The van der Waals surface area contributed by atoms with Gasteiger partial charge in [0.15, 0.2) is 18.0 Å². The predicted molar refractivity (Wildman–Crippen MR) is 96.4 cm³/mol. The van der Waals surface area contributed by atoms with Crippen LogP contribution in [-0.4, -0.2) is 71.4 Å². The Balaban J connectivity index is 0.000000445. The zero-order chi connectivity index (χ0) is 21.1. The Bertz CT molecular complexity index is 734. The van der Waals surface area contributed by atoms with Crippen LogP contribution in [0.1, 0.15) is 0 Å². The monoisotopic (exact) mass is 442 g/mol. The molecule has 0 radical (unpaired) electrons. The summed E-state index contributed by atoms with van der Waals surface area (Å²) in [7, 11) is -1.18. The van der Waals surface area contributed by atoms with E-state index in [0.717, 1.165) is 16.8 Å². The van der Waals surface area contributed by atoms with Crippen LogP contribution in [0, 0.1) is 0 Å². The van der Waals surface area contributed by atoms with Crippen molar-refractivity contribution in [2.45, 2.75) is 0 Å². The molecule has 1 aromatic heterocycles. The maximum absolute atomic E-state index is 10.7. The molecule has 2 aromatic rings. The first-order valence-electron chi connectivity index (χ1n) is 7.37. The number of ether oxygens (including phenoxy) is 1. The van der Waals surface area contributed by atoms with Crippen molar-refractivity contribution in [3.05, 3.63) is 18.2 Å². The number of H-pyrrole nitrogens is 1. The molecule has 0 aliphatic carbocycles. The van der Waals surface area contributed by atoms with Gasteiger partial charge in [0.25, 0.3) is 0 Å². The van der Waals surface area contributed by atoms with Crippen molar-refractivity contribution in [3.8, 4) is 5.75 Å². The third-order valence-corrected chi connectivity index (χ3v) is 5.28. The van der Waals surface area contributed by atoms with E-state index < -0.39 is 16.2 Å². The van der Waals surface area contributed by atoms with E-state index in [2.05, 4.69) is 64.7 Å². The molecular weight excluding hydrogens is 420 g/mol. The fraction of sp³-hybridized carbons (Fsp3) is 0.500. The van der Waals surface area contributed by atoms with Crippen molar-refractivity contribution in [1.82, 2.24) is 29.4 Å². The number of nitrogens with zero attached hydrogens (tertiary/aromatic N) is 5. The van der Waals surface area contributed by atoms with Gasteiger partial charge in [-0.3, -0.25) is 0 Å². The maximum atomic E-state index is 9.87. The molecule has 0 amide bonds. The van der Waals surface area contributed by atoms with E-state index in [1.165, 1.54) is 0 Å². The van der Waals surface area contributed by atoms with E-state index in [1.54, 1.807) is 0 Å². The third-order valence-electron chi connectivity index (χ3n) is 2.87. The predicted octanol–water partition coefficient (Wildman–Crippen LogP) is 4.69. The number of hydrogen-bond acceptors (Lipinski definition) is 6. The van der Waals surface area contributed by atoms with Crippen molar-refractivity contribution in [2.75, 3.05) is 42.0 Å². The molecule has 1 aromatic carbocycles. The van der Waals surface area contributed by atoms with Crippen LogP contribution in [0.5, 0.6) is 5.75 Å². The minimum absolute atomic E-state index is 0.511. The summed E-state index contributed by atoms with van der Waals surface area (Å²) in [4.78, 5) is 0. The minimum atomic E-state index is -10.7.